The van der Waals surface area contributed by atoms with Crippen molar-refractivity contribution < 1.29 is 4.79 Å². The molecule has 136 valence electrons. The summed E-state index contributed by atoms with van der Waals surface area (Å²) in [5.41, 5.74) is 5.10. The summed E-state index contributed by atoms with van der Waals surface area (Å²) in [6.07, 6.45) is 2.70. The first kappa shape index (κ1) is 17.3. The van der Waals surface area contributed by atoms with Crippen molar-refractivity contribution in [2.75, 3.05) is 16.8 Å². The van der Waals surface area contributed by atoms with Crippen LogP contribution in [0.15, 0.2) is 66.9 Å². The van der Waals surface area contributed by atoms with Crippen LogP contribution in [0.25, 0.3) is 0 Å². The Hall–Kier alpha value is -3.14. The number of rotatable bonds is 4. The van der Waals surface area contributed by atoms with Gasteiger partial charge in [0.05, 0.1) is 0 Å². The third kappa shape index (κ3) is 3.43. The number of hydrogen-bond acceptors (Lipinski definition) is 3. The zero-order valence-electron chi connectivity index (χ0n) is 15.6. The van der Waals surface area contributed by atoms with E-state index in [1.165, 1.54) is 11.3 Å². The van der Waals surface area contributed by atoms with E-state index in [-0.39, 0.29) is 5.91 Å². The molecule has 0 aliphatic carbocycles. The van der Waals surface area contributed by atoms with Crippen molar-refractivity contribution in [3.63, 3.8) is 0 Å². The van der Waals surface area contributed by atoms with Gasteiger partial charge in [0.25, 0.3) is 5.91 Å². The highest BCUT2D eigenvalue weighted by atomic mass is 16.1. The molecule has 0 fully saturated rings. The number of carbonyl (C=O) groups is 1. The summed E-state index contributed by atoms with van der Waals surface area (Å²) in [5, 5.41) is 3.06. The fourth-order valence-corrected chi connectivity index (χ4v) is 3.59. The third-order valence-corrected chi connectivity index (χ3v) is 5.00. The topological polar surface area (TPSA) is 45.2 Å². The Labute approximate surface area is 159 Å². The highest BCUT2D eigenvalue weighted by Crippen LogP contribution is 2.33. The standard InChI is InChI=1S/C23H23N3O/c1-16(2)19-8-4-5-9-20(19)25-23(27)18-11-13-24-22(15-18)26-14-12-17-7-3-6-10-21(17)26/h3-11,13,15-16H,12,14H2,1-2H3,(H,25,27). The number of nitrogens with one attached hydrogen (secondary N) is 1. The van der Waals surface area contributed by atoms with Gasteiger partial charge in [0.1, 0.15) is 5.82 Å². The van der Waals surface area contributed by atoms with Crippen LogP contribution < -0.4 is 10.2 Å². The predicted octanol–water partition coefficient (Wildman–Crippen LogP) is 5.15. The van der Waals surface area contributed by atoms with Crippen LogP contribution in [0, 0.1) is 0 Å². The molecule has 0 spiro atoms. The Kier molecular flexibility index (Phi) is 4.63. The summed E-state index contributed by atoms with van der Waals surface area (Å²) in [4.78, 5) is 19.5. The molecule has 0 saturated heterocycles. The van der Waals surface area contributed by atoms with Crippen LogP contribution in [-0.4, -0.2) is 17.4 Å². The number of carbonyl (C=O) groups excluding carboxylic acids is 1. The number of para-hydroxylation sites is 2. The number of anilines is 3. The van der Waals surface area contributed by atoms with Crippen molar-refractivity contribution in [3.8, 4) is 0 Å². The molecule has 4 nitrogen and oxygen atoms in total. The number of pyridine rings is 1. The molecule has 1 N–H and O–H groups in total. The molecular formula is C23H23N3O. The molecular weight excluding hydrogens is 334 g/mol. The SMILES string of the molecule is CC(C)c1ccccc1NC(=O)c1ccnc(N2CCc3ccccc32)c1. The molecule has 0 atom stereocenters. The Morgan fingerprint density at radius 2 is 1.85 bits per heavy atom. The van der Waals surface area contributed by atoms with E-state index in [4.69, 9.17) is 0 Å². The van der Waals surface area contributed by atoms with Crippen LogP contribution in [0.2, 0.25) is 0 Å². The lowest BCUT2D eigenvalue weighted by atomic mass is 10.0. The number of nitrogens with zero attached hydrogens (tertiary/aromatic N) is 2. The van der Waals surface area contributed by atoms with Gasteiger partial charge in [0.2, 0.25) is 0 Å². The van der Waals surface area contributed by atoms with Crippen molar-refractivity contribution in [1.29, 1.82) is 0 Å². The molecule has 3 aromatic rings. The number of hydrogen-bond donors (Lipinski definition) is 1. The van der Waals surface area contributed by atoms with Crippen molar-refractivity contribution in [1.82, 2.24) is 4.98 Å². The lowest BCUT2D eigenvalue weighted by Gasteiger charge is -2.19. The molecule has 0 saturated carbocycles. The Balaban J connectivity index is 1.59. The highest BCUT2D eigenvalue weighted by Gasteiger charge is 2.21. The van der Waals surface area contributed by atoms with Crippen molar-refractivity contribution in [3.05, 3.63) is 83.6 Å². The van der Waals surface area contributed by atoms with Gasteiger partial charge in [0.15, 0.2) is 0 Å². The molecule has 0 radical (unpaired) electrons. The number of amides is 1. The minimum Gasteiger partial charge on any atom is -0.326 e. The Bertz CT molecular complexity index is 981. The van der Waals surface area contributed by atoms with Crippen molar-refractivity contribution in [2.45, 2.75) is 26.2 Å². The first-order valence-corrected chi connectivity index (χ1v) is 9.35. The van der Waals surface area contributed by atoms with Gasteiger partial charge in [-0.2, -0.15) is 0 Å². The molecule has 1 aliphatic heterocycles. The summed E-state index contributed by atoms with van der Waals surface area (Å²) in [6, 6.07) is 19.9. The maximum absolute atomic E-state index is 12.8. The molecule has 1 aromatic heterocycles. The van der Waals surface area contributed by atoms with Crippen LogP contribution in [0.1, 0.15) is 41.3 Å². The first-order valence-electron chi connectivity index (χ1n) is 9.35. The van der Waals surface area contributed by atoms with E-state index >= 15 is 0 Å². The van der Waals surface area contributed by atoms with Gasteiger partial charge in [0, 0.05) is 29.7 Å². The van der Waals surface area contributed by atoms with Gasteiger partial charge in [-0.15, -0.1) is 0 Å². The quantitative estimate of drug-likeness (QED) is 0.702. The third-order valence-electron chi connectivity index (χ3n) is 5.00. The van der Waals surface area contributed by atoms with E-state index in [2.05, 4.69) is 53.3 Å². The maximum atomic E-state index is 12.8. The van der Waals surface area contributed by atoms with E-state index < -0.39 is 0 Å². The van der Waals surface area contributed by atoms with E-state index in [0.29, 0.717) is 11.5 Å². The summed E-state index contributed by atoms with van der Waals surface area (Å²) in [5.74, 6) is 1.04. The second kappa shape index (κ2) is 7.23. The Morgan fingerprint density at radius 3 is 2.70 bits per heavy atom. The zero-order chi connectivity index (χ0) is 18.8. The van der Waals surface area contributed by atoms with Gasteiger partial charge in [-0.1, -0.05) is 50.2 Å². The van der Waals surface area contributed by atoms with Gasteiger partial charge in [-0.05, 0) is 47.7 Å². The molecule has 2 aromatic carbocycles. The van der Waals surface area contributed by atoms with Crippen molar-refractivity contribution in [2.24, 2.45) is 0 Å². The average molecular weight is 357 g/mol. The fraction of sp³-hybridized carbons (Fsp3) is 0.217. The lowest BCUT2D eigenvalue weighted by Crippen LogP contribution is -2.17. The van der Waals surface area contributed by atoms with E-state index in [1.807, 2.05) is 30.3 Å². The van der Waals surface area contributed by atoms with Crippen LogP contribution in [-0.2, 0) is 6.42 Å². The van der Waals surface area contributed by atoms with Crippen LogP contribution in [0.3, 0.4) is 0 Å². The normalized spacial score (nSPS) is 12.9. The van der Waals surface area contributed by atoms with E-state index in [9.17, 15) is 4.79 Å². The van der Waals surface area contributed by atoms with Crippen LogP contribution in [0.4, 0.5) is 17.2 Å². The summed E-state index contributed by atoms with van der Waals surface area (Å²) < 4.78 is 0. The molecule has 1 amide bonds. The second-order valence-electron chi connectivity index (χ2n) is 7.13. The van der Waals surface area contributed by atoms with Gasteiger partial charge in [-0.3, -0.25) is 4.79 Å². The predicted molar refractivity (Wildman–Crippen MR) is 110 cm³/mol. The van der Waals surface area contributed by atoms with E-state index in [1.54, 1.807) is 12.3 Å². The number of benzene rings is 2. The minimum absolute atomic E-state index is 0.112. The lowest BCUT2D eigenvalue weighted by molar-refractivity contribution is 0.102. The van der Waals surface area contributed by atoms with Crippen molar-refractivity contribution >= 4 is 23.1 Å². The molecule has 27 heavy (non-hydrogen) atoms. The largest absolute Gasteiger partial charge is 0.326 e. The maximum Gasteiger partial charge on any atom is 0.255 e. The molecule has 4 heteroatoms. The molecule has 4 rings (SSSR count). The van der Waals surface area contributed by atoms with E-state index in [0.717, 1.165) is 30.0 Å². The molecule has 0 bridgehead atoms. The van der Waals surface area contributed by atoms with Gasteiger partial charge >= 0.3 is 0 Å². The van der Waals surface area contributed by atoms with Gasteiger partial charge < -0.3 is 10.2 Å². The summed E-state index contributed by atoms with van der Waals surface area (Å²) in [7, 11) is 0. The first-order chi connectivity index (χ1) is 13.1. The van der Waals surface area contributed by atoms with Gasteiger partial charge in [-0.25, -0.2) is 4.98 Å². The molecule has 0 unspecified atom stereocenters. The fourth-order valence-electron chi connectivity index (χ4n) is 3.59. The number of aromatic nitrogens is 1. The summed E-state index contributed by atoms with van der Waals surface area (Å²) >= 11 is 0. The summed E-state index contributed by atoms with van der Waals surface area (Å²) in [6.45, 7) is 5.13. The smallest absolute Gasteiger partial charge is 0.255 e. The highest BCUT2D eigenvalue weighted by molar-refractivity contribution is 6.05. The second-order valence-corrected chi connectivity index (χ2v) is 7.13. The van der Waals surface area contributed by atoms with Crippen LogP contribution in [0.5, 0.6) is 0 Å². The number of fused-ring (bicyclic) bond motifs is 1. The van der Waals surface area contributed by atoms with Crippen LogP contribution >= 0.6 is 0 Å². The molecule has 1 aliphatic rings. The molecule has 2 heterocycles. The zero-order valence-corrected chi connectivity index (χ0v) is 15.6. The monoisotopic (exact) mass is 357 g/mol. The minimum atomic E-state index is -0.112. The Morgan fingerprint density at radius 1 is 1.07 bits per heavy atom. The average Bonchev–Trinajstić information content (AvgIpc) is 3.12.